The number of hydrogen-bond donors (Lipinski definition) is 1. The molecule has 1 atom stereocenters. The number of rotatable bonds is 3. The van der Waals surface area contributed by atoms with Crippen LogP contribution in [-0.2, 0) is 11.3 Å². The Hall–Kier alpha value is -1.36. The molecular formula is C13H21N3O2. The van der Waals surface area contributed by atoms with Gasteiger partial charge >= 0.3 is 0 Å². The van der Waals surface area contributed by atoms with Gasteiger partial charge in [-0.05, 0) is 25.3 Å². The number of nitrogens with one attached hydrogen (secondary N) is 1. The van der Waals surface area contributed by atoms with E-state index in [4.69, 9.17) is 4.52 Å². The monoisotopic (exact) mass is 251 g/mol. The molecule has 2 heterocycles. The zero-order valence-electron chi connectivity index (χ0n) is 11.3. The lowest BCUT2D eigenvalue weighted by molar-refractivity contribution is -0.134. The van der Waals surface area contributed by atoms with E-state index in [9.17, 15) is 4.79 Å². The van der Waals surface area contributed by atoms with Gasteiger partial charge in [-0.15, -0.1) is 0 Å². The topological polar surface area (TPSA) is 58.4 Å². The second-order valence-corrected chi connectivity index (χ2v) is 5.72. The molecule has 0 aliphatic carbocycles. The highest BCUT2D eigenvalue weighted by atomic mass is 16.5. The minimum absolute atomic E-state index is 0.0882. The molecule has 1 saturated heterocycles. The maximum atomic E-state index is 12.4. The van der Waals surface area contributed by atoms with Gasteiger partial charge in [0.25, 0.3) is 0 Å². The highest BCUT2D eigenvalue weighted by Gasteiger charge is 2.34. The molecule has 0 aromatic carbocycles. The molecule has 5 heteroatoms. The van der Waals surface area contributed by atoms with Gasteiger partial charge in [-0.1, -0.05) is 19.0 Å². The van der Waals surface area contributed by atoms with Gasteiger partial charge in [0, 0.05) is 12.6 Å². The molecule has 1 aromatic heterocycles. The molecule has 0 saturated carbocycles. The Morgan fingerprint density at radius 3 is 3.00 bits per heavy atom. The summed E-state index contributed by atoms with van der Waals surface area (Å²) in [7, 11) is 1.84. The lowest BCUT2D eigenvalue weighted by atomic mass is 9.87. The number of carbonyl (C=O) groups is 1. The Labute approximate surface area is 108 Å². The van der Waals surface area contributed by atoms with E-state index < -0.39 is 0 Å². The maximum Gasteiger partial charge on any atom is 0.240 e. The summed E-state index contributed by atoms with van der Waals surface area (Å²) >= 11 is 0. The average Bonchev–Trinajstić information content (AvgIpc) is 2.77. The summed E-state index contributed by atoms with van der Waals surface area (Å²) in [5.41, 5.74) is 0.140. The Morgan fingerprint density at radius 2 is 2.39 bits per heavy atom. The van der Waals surface area contributed by atoms with E-state index in [1.165, 1.54) is 0 Å². The first-order valence-corrected chi connectivity index (χ1v) is 6.37. The van der Waals surface area contributed by atoms with Crippen molar-refractivity contribution in [2.75, 3.05) is 13.6 Å². The third-order valence-corrected chi connectivity index (χ3v) is 3.52. The molecule has 1 aromatic rings. The molecule has 0 spiro atoms. The number of nitrogens with zero attached hydrogens (tertiary/aromatic N) is 2. The number of amides is 1. The van der Waals surface area contributed by atoms with Gasteiger partial charge in [0.05, 0.1) is 18.8 Å². The predicted octanol–water partition coefficient (Wildman–Crippen LogP) is 1.41. The quantitative estimate of drug-likeness (QED) is 0.882. The molecule has 100 valence electrons. The molecule has 1 amide bonds. The molecule has 1 aliphatic rings. The standard InChI is InChI=1S/C13H21N3O2/c1-13(2)6-4-11(14-3)12(17)16(9-13)8-10-5-7-15-18-10/h5,7,11,14H,4,6,8-9H2,1-3H3. The van der Waals surface area contributed by atoms with E-state index in [0.29, 0.717) is 6.54 Å². The van der Waals surface area contributed by atoms with Gasteiger partial charge in [0.1, 0.15) is 0 Å². The lowest BCUT2D eigenvalue weighted by Crippen LogP contribution is -2.44. The van der Waals surface area contributed by atoms with E-state index in [-0.39, 0.29) is 17.4 Å². The first-order chi connectivity index (χ1) is 8.52. The van der Waals surface area contributed by atoms with Crippen LogP contribution in [0.4, 0.5) is 0 Å². The van der Waals surface area contributed by atoms with E-state index in [2.05, 4.69) is 24.3 Å². The second kappa shape index (κ2) is 5.10. The lowest BCUT2D eigenvalue weighted by Gasteiger charge is -2.29. The first kappa shape index (κ1) is 13.1. The van der Waals surface area contributed by atoms with Crippen molar-refractivity contribution in [3.63, 3.8) is 0 Å². The summed E-state index contributed by atoms with van der Waals surface area (Å²) < 4.78 is 5.10. The predicted molar refractivity (Wildman–Crippen MR) is 67.8 cm³/mol. The third-order valence-electron chi connectivity index (χ3n) is 3.52. The smallest absolute Gasteiger partial charge is 0.240 e. The summed E-state index contributed by atoms with van der Waals surface area (Å²) in [6.45, 7) is 5.66. The van der Waals surface area contributed by atoms with E-state index in [1.807, 2.05) is 11.9 Å². The fourth-order valence-corrected chi connectivity index (χ4v) is 2.47. The number of carbonyl (C=O) groups excluding carboxylic acids is 1. The largest absolute Gasteiger partial charge is 0.360 e. The van der Waals surface area contributed by atoms with Gasteiger partial charge in [-0.2, -0.15) is 0 Å². The van der Waals surface area contributed by atoms with Crippen LogP contribution in [0.5, 0.6) is 0 Å². The third kappa shape index (κ3) is 2.90. The molecule has 18 heavy (non-hydrogen) atoms. The highest BCUT2D eigenvalue weighted by molar-refractivity contribution is 5.82. The molecule has 2 rings (SSSR count). The van der Waals surface area contributed by atoms with Gasteiger partial charge < -0.3 is 14.7 Å². The zero-order chi connectivity index (χ0) is 13.2. The van der Waals surface area contributed by atoms with Crippen LogP contribution in [0.25, 0.3) is 0 Å². The number of likely N-dealkylation sites (N-methyl/N-ethyl adjacent to an activating group) is 1. The Balaban J connectivity index is 2.15. The molecule has 1 N–H and O–H groups in total. The van der Waals surface area contributed by atoms with Crippen LogP contribution in [0, 0.1) is 5.41 Å². The van der Waals surface area contributed by atoms with Crippen LogP contribution < -0.4 is 5.32 Å². The molecule has 0 bridgehead atoms. The number of likely N-dealkylation sites (tertiary alicyclic amines) is 1. The molecule has 1 fully saturated rings. The van der Waals surface area contributed by atoms with Crippen LogP contribution in [-0.4, -0.2) is 35.6 Å². The van der Waals surface area contributed by atoms with Crippen LogP contribution >= 0.6 is 0 Å². The van der Waals surface area contributed by atoms with Crippen molar-refractivity contribution in [1.82, 2.24) is 15.4 Å². The minimum atomic E-state index is -0.0882. The summed E-state index contributed by atoms with van der Waals surface area (Å²) in [6, 6.07) is 1.72. The molecule has 1 aliphatic heterocycles. The Bertz CT molecular complexity index is 400. The summed E-state index contributed by atoms with van der Waals surface area (Å²) in [5, 5.41) is 6.79. The summed E-state index contributed by atoms with van der Waals surface area (Å²) in [5.74, 6) is 0.885. The first-order valence-electron chi connectivity index (χ1n) is 6.37. The van der Waals surface area contributed by atoms with Gasteiger partial charge in [-0.25, -0.2) is 0 Å². The van der Waals surface area contributed by atoms with Crippen molar-refractivity contribution < 1.29 is 9.32 Å². The maximum absolute atomic E-state index is 12.4. The van der Waals surface area contributed by atoms with E-state index in [0.717, 1.165) is 25.1 Å². The molecule has 5 nitrogen and oxygen atoms in total. The number of aromatic nitrogens is 1. The van der Waals surface area contributed by atoms with Crippen LogP contribution in [0.15, 0.2) is 16.8 Å². The normalized spacial score (nSPS) is 24.1. The van der Waals surface area contributed by atoms with Crippen LogP contribution in [0.1, 0.15) is 32.4 Å². The summed E-state index contributed by atoms with van der Waals surface area (Å²) in [6.07, 6.45) is 3.53. The van der Waals surface area contributed by atoms with Crippen LogP contribution in [0.2, 0.25) is 0 Å². The van der Waals surface area contributed by atoms with Crippen molar-refractivity contribution in [2.24, 2.45) is 5.41 Å². The molecular weight excluding hydrogens is 230 g/mol. The fraction of sp³-hybridized carbons (Fsp3) is 0.692. The van der Waals surface area contributed by atoms with Crippen molar-refractivity contribution in [2.45, 2.75) is 39.3 Å². The van der Waals surface area contributed by atoms with Gasteiger partial charge in [0.15, 0.2) is 5.76 Å². The van der Waals surface area contributed by atoms with E-state index >= 15 is 0 Å². The SMILES string of the molecule is CNC1CCC(C)(C)CN(Cc2ccno2)C1=O. The molecule has 1 unspecified atom stereocenters. The average molecular weight is 251 g/mol. The Morgan fingerprint density at radius 1 is 1.61 bits per heavy atom. The number of hydrogen-bond acceptors (Lipinski definition) is 4. The minimum Gasteiger partial charge on any atom is -0.360 e. The zero-order valence-corrected chi connectivity index (χ0v) is 11.3. The Kier molecular flexibility index (Phi) is 3.71. The summed E-state index contributed by atoms with van der Waals surface area (Å²) in [4.78, 5) is 14.3. The van der Waals surface area contributed by atoms with Crippen molar-refractivity contribution in [3.05, 3.63) is 18.0 Å². The van der Waals surface area contributed by atoms with Gasteiger partial charge in [-0.3, -0.25) is 4.79 Å². The molecule has 0 radical (unpaired) electrons. The van der Waals surface area contributed by atoms with Gasteiger partial charge in [0.2, 0.25) is 5.91 Å². The fourth-order valence-electron chi connectivity index (χ4n) is 2.47. The van der Waals surface area contributed by atoms with Crippen molar-refractivity contribution in [3.8, 4) is 0 Å². The van der Waals surface area contributed by atoms with E-state index in [1.54, 1.807) is 12.3 Å². The second-order valence-electron chi connectivity index (χ2n) is 5.72. The van der Waals surface area contributed by atoms with Crippen molar-refractivity contribution >= 4 is 5.91 Å². The van der Waals surface area contributed by atoms with Crippen LogP contribution in [0.3, 0.4) is 0 Å². The van der Waals surface area contributed by atoms with Crippen molar-refractivity contribution in [1.29, 1.82) is 0 Å². The highest BCUT2D eigenvalue weighted by Crippen LogP contribution is 2.29.